The van der Waals surface area contributed by atoms with E-state index < -0.39 is 0 Å². The molecule has 0 radical (unpaired) electrons. The van der Waals surface area contributed by atoms with Crippen LogP contribution in [0.3, 0.4) is 0 Å². The van der Waals surface area contributed by atoms with Crippen LogP contribution in [0.25, 0.3) is 0 Å². The van der Waals surface area contributed by atoms with Crippen LogP contribution in [0.2, 0.25) is 0 Å². The molecule has 3 heteroatoms. The van der Waals surface area contributed by atoms with Gasteiger partial charge in [0, 0.05) is 15.1 Å². The molecule has 0 aliphatic rings. The SMILES string of the molecule is COc1ccc(CSc2ccc(C)c(Br)c2)cc1. The molecule has 0 amide bonds. The van der Waals surface area contributed by atoms with Crippen LogP contribution < -0.4 is 4.74 Å². The lowest BCUT2D eigenvalue weighted by atomic mass is 10.2. The van der Waals surface area contributed by atoms with Crippen molar-refractivity contribution in [1.82, 2.24) is 0 Å². The molecule has 94 valence electrons. The van der Waals surface area contributed by atoms with Crippen molar-refractivity contribution in [3.05, 3.63) is 58.1 Å². The smallest absolute Gasteiger partial charge is 0.118 e. The third-order valence-electron chi connectivity index (χ3n) is 2.71. The predicted molar refractivity (Wildman–Crippen MR) is 81.4 cm³/mol. The number of benzene rings is 2. The van der Waals surface area contributed by atoms with Gasteiger partial charge in [-0.2, -0.15) is 0 Å². The predicted octanol–water partition coefficient (Wildman–Crippen LogP) is 5.06. The van der Waals surface area contributed by atoms with Crippen LogP contribution in [0.1, 0.15) is 11.1 Å². The Morgan fingerprint density at radius 1 is 1.11 bits per heavy atom. The quantitative estimate of drug-likeness (QED) is 0.728. The molecule has 0 aromatic heterocycles. The fourth-order valence-corrected chi connectivity index (χ4v) is 2.97. The lowest BCUT2D eigenvalue weighted by molar-refractivity contribution is 0.414. The second-order valence-corrected chi connectivity index (χ2v) is 5.95. The van der Waals surface area contributed by atoms with E-state index in [0.29, 0.717) is 0 Å². The minimum atomic E-state index is 0.904. The topological polar surface area (TPSA) is 9.23 Å². The molecule has 2 aromatic rings. The zero-order valence-corrected chi connectivity index (χ0v) is 12.8. The maximum absolute atomic E-state index is 5.15. The van der Waals surface area contributed by atoms with Gasteiger partial charge in [0.1, 0.15) is 5.75 Å². The summed E-state index contributed by atoms with van der Waals surface area (Å²) in [5.74, 6) is 1.88. The summed E-state index contributed by atoms with van der Waals surface area (Å²) >= 11 is 5.40. The van der Waals surface area contributed by atoms with E-state index in [0.717, 1.165) is 11.5 Å². The molecular formula is C15H15BrOS. The van der Waals surface area contributed by atoms with Crippen molar-refractivity contribution in [2.24, 2.45) is 0 Å². The highest BCUT2D eigenvalue weighted by atomic mass is 79.9. The Morgan fingerprint density at radius 2 is 1.83 bits per heavy atom. The van der Waals surface area contributed by atoms with Crippen molar-refractivity contribution in [3.63, 3.8) is 0 Å². The highest BCUT2D eigenvalue weighted by Crippen LogP contribution is 2.27. The van der Waals surface area contributed by atoms with Crippen molar-refractivity contribution < 1.29 is 4.74 Å². The van der Waals surface area contributed by atoms with Gasteiger partial charge in [0.05, 0.1) is 7.11 Å². The Labute approximate surface area is 121 Å². The zero-order valence-electron chi connectivity index (χ0n) is 10.4. The first kappa shape index (κ1) is 13.5. The van der Waals surface area contributed by atoms with Crippen LogP contribution in [0.4, 0.5) is 0 Å². The monoisotopic (exact) mass is 322 g/mol. The molecule has 0 saturated heterocycles. The molecule has 0 unspecified atom stereocenters. The average molecular weight is 323 g/mol. The molecule has 0 spiro atoms. The molecule has 0 heterocycles. The van der Waals surface area contributed by atoms with Crippen molar-refractivity contribution in [2.75, 3.05) is 7.11 Å². The number of thioether (sulfide) groups is 1. The first-order chi connectivity index (χ1) is 8.69. The lowest BCUT2D eigenvalue weighted by Crippen LogP contribution is -1.84. The van der Waals surface area contributed by atoms with Crippen molar-refractivity contribution in [3.8, 4) is 5.75 Å². The van der Waals surface area contributed by atoms with Gasteiger partial charge >= 0.3 is 0 Å². The molecule has 2 rings (SSSR count). The second-order valence-electron chi connectivity index (χ2n) is 4.05. The summed E-state index contributed by atoms with van der Waals surface area (Å²) in [5.41, 5.74) is 2.57. The van der Waals surface area contributed by atoms with E-state index in [1.54, 1.807) is 7.11 Å². The summed E-state index contributed by atoms with van der Waals surface area (Å²) in [6.07, 6.45) is 0. The number of hydrogen-bond donors (Lipinski definition) is 0. The molecule has 2 aromatic carbocycles. The van der Waals surface area contributed by atoms with Gasteiger partial charge in [0.2, 0.25) is 0 Å². The number of hydrogen-bond acceptors (Lipinski definition) is 2. The molecule has 0 aliphatic heterocycles. The molecule has 0 fully saturated rings. The van der Waals surface area contributed by atoms with E-state index in [1.807, 2.05) is 23.9 Å². The molecule has 0 saturated carbocycles. The summed E-state index contributed by atoms with van der Waals surface area (Å²) in [7, 11) is 1.69. The van der Waals surface area contributed by atoms with Gasteiger partial charge in [0.25, 0.3) is 0 Å². The number of methoxy groups -OCH3 is 1. The minimum absolute atomic E-state index is 0.904. The largest absolute Gasteiger partial charge is 0.497 e. The number of rotatable bonds is 4. The van der Waals surface area contributed by atoms with Gasteiger partial charge in [0.15, 0.2) is 0 Å². The Hall–Kier alpha value is -0.930. The minimum Gasteiger partial charge on any atom is -0.497 e. The molecular weight excluding hydrogens is 308 g/mol. The molecule has 0 aliphatic carbocycles. The fraction of sp³-hybridized carbons (Fsp3) is 0.200. The van der Waals surface area contributed by atoms with E-state index >= 15 is 0 Å². The van der Waals surface area contributed by atoms with Crippen molar-refractivity contribution >= 4 is 27.7 Å². The third kappa shape index (κ3) is 3.53. The summed E-state index contributed by atoms with van der Waals surface area (Å²) in [4.78, 5) is 1.28. The van der Waals surface area contributed by atoms with Gasteiger partial charge in [-0.15, -0.1) is 11.8 Å². The Morgan fingerprint density at radius 3 is 2.44 bits per heavy atom. The van der Waals surface area contributed by atoms with Gasteiger partial charge < -0.3 is 4.74 Å². The normalized spacial score (nSPS) is 10.4. The molecule has 18 heavy (non-hydrogen) atoms. The van der Waals surface area contributed by atoms with Gasteiger partial charge in [-0.3, -0.25) is 0 Å². The van der Waals surface area contributed by atoms with Crippen molar-refractivity contribution in [1.29, 1.82) is 0 Å². The summed E-state index contributed by atoms with van der Waals surface area (Å²) < 4.78 is 6.32. The standard InChI is InChI=1S/C15H15BrOS/c1-11-3-8-14(9-15(11)16)18-10-12-4-6-13(17-2)7-5-12/h3-9H,10H2,1-2H3. The first-order valence-corrected chi connectivity index (χ1v) is 7.49. The Balaban J connectivity index is 1.99. The average Bonchev–Trinajstić information content (AvgIpc) is 2.41. The van der Waals surface area contributed by atoms with Crippen LogP contribution in [0.15, 0.2) is 51.8 Å². The summed E-state index contributed by atoms with van der Waals surface area (Å²) in [6, 6.07) is 14.7. The van der Waals surface area contributed by atoms with Crippen LogP contribution in [-0.4, -0.2) is 7.11 Å². The maximum atomic E-state index is 5.15. The van der Waals surface area contributed by atoms with Crippen LogP contribution in [-0.2, 0) is 5.75 Å². The number of ether oxygens (including phenoxy) is 1. The van der Waals surface area contributed by atoms with Crippen molar-refractivity contribution in [2.45, 2.75) is 17.6 Å². The van der Waals surface area contributed by atoms with E-state index in [9.17, 15) is 0 Å². The van der Waals surface area contributed by atoms with Crippen LogP contribution >= 0.6 is 27.7 Å². The number of halogens is 1. The molecule has 0 N–H and O–H groups in total. The first-order valence-electron chi connectivity index (χ1n) is 5.71. The van der Waals surface area contributed by atoms with Gasteiger partial charge in [-0.05, 0) is 42.3 Å². The van der Waals surface area contributed by atoms with Crippen LogP contribution in [0.5, 0.6) is 5.75 Å². The number of aryl methyl sites for hydroxylation is 1. The lowest BCUT2D eigenvalue weighted by Gasteiger charge is -2.05. The maximum Gasteiger partial charge on any atom is 0.118 e. The summed E-state index contributed by atoms with van der Waals surface area (Å²) in [6.45, 7) is 2.10. The third-order valence-corrected chi connectivity index (χ3v) is 4.63. The fourth-order valence-electron chi connectivity index (χ4n) is 1.55. The second kappa shape index (κ2) is 6.30. The Kier molecular flexibility index (Phi) is 4.72. The van der Waals surface area contributed by atoms with Gasteiger partial charge in [-0.25, -0.2) is 0 Å². The highest BCUT2D eigenvalue weighted by Gasteiger charge is 2.00. The Bertz CT molecular complexity index is 523. The zero-order chi connectivity index (χ0) is 13.0. The summed E-state index contributed by atoms with van der Waals surface area (Å²) in [5, 5.41) is 0. The van der Waals surface area contributed by atoms with E-state index in [1.165, 1.54) is 20.5 Å². The molecule has 0 bridgehead atoms. The van der Waals surface area contributed by atoms with Gasteiger partial charge in [-0.1, -0.05) is 34.1 Å². The van der Waals surface area contributed by atoms with E-state index in [4.69, 9.17) is 4.74 Å². The van der Waals surface area contributed by atoms with E-state index in [2.05, 4.69) is 53.2 Å². The highest BCUT2D eigenvalue weighted by molar-refractivity contribution is 9.10. The van der Waals surface area contributed by atoms with Crippen LogP contribution in [0, 0.1) is 6.92 Å². The van der Waals surface area contributed by atoms with E-state index in [-0.39, 0.29) is 0 Å². The molecule has 0 atom stereocenters. The molecule has 1 nitrogen and oxygen atoms in total.